The van der Waals surface area contributed by atoms with Crippen LogP contribution in [0, 0.1) is 17.8 Å². The molecule has 0 spiro atoms. The first-order valence-corrected chi connectivity index (χ1v) is 17.0. The van der Waals surface area contributed by atoms with Crippen molar-refractivity contribution >= 4 is 62.2 Å². The van der Waals surface area contributed by atoms with Crippen molar-refractivity contribution in [2.75, 3.05) is 20.6 Å². The highest BCUT2D eigenvalue weighted by Crippen LogP contribution is 2.46. The largest absolute Gasteiger partial charge is 0.341 e. The van der Waals surface area contributed by atoms with Gasteiger partial charge in [0, 0.05) is 30.5 Å². The molecule has 4 aliphatic rings. The van der Waals surface area contributed by atoms with E-state index >= 15 is 0 Å². The molecule has 3 N–H and O–H groups in total. The summed E-state index contributed by atoms with van der Waals surface area (Å²) in [7, 11) is -0.919. The van der Waals surface area contributed by atoms with Crippen molar-refractivity contribution in [1.82, 2.24) is 25.2 Å². The highest BCUT2D eigenvalue weighted by molar-refractivity contribution is 14.1. The number of alkyl halides is 1. The minimum atomic E-state index is -3.82. The van der Waals surface area contributed by atoms with Gasteiger partial charge in [0.2, 0.25) is 21.8 Å². The maximum absolute atomic E-state index is 14.0. The van der Waals surface area contributed by atoms with E-state index < -0.39 is 62.4 Å². The lowest BCUT2D eigenvalue weighted by atomic mass is 9.87. The Balaban J connectivity index is 1.64. The molecule has 2 aliphatic heterocycles. The van der Waals surface area contributed by atoms with Gasteiger partial charge in [0.25, 0.3) is 5.91 Å². The van der Waals surface area contributed by atoms with Crippen molar-refractivity contribution in [3.63, 3.8) is 0 Å². The Labute approximate surface area is 255 Å². The minimum absolute atomic E-state index is 0.0601. The zero-order valence-electron chi connectivity index (χ0n) is 23.9. The number of carbonyl (C=O) groups excluding carboxylic acids is 5. The van der Waals surface area contributed by atoms with Gasteiger partial charge in [-0.15, -0.1) is 0 Å². The molecule has 0 aromatic heterocycles. The summed E-state index contributed by atoms with van der Waals surface area (Å²) in [5.74, 6) is -3.95. The maximum Gasteiger partial charge on any atom is 0.311 e. The molecule has 4 rings (SSSR count). The average molecular weight is 706 g/mol. The lowest BCUT2D eigenvalue weighted by Crippen LogP contribution is -2.59. The van der Waals surface area contributed by atoms with Crippen LogP contribution in [0.2, 0.25) is 0 Å². The number of sulfonamides is 1. The summed E-state index contributed by atoms with van der Waals surface area (Å²) in [5.41, 5.74) is -1.42. The van der Waals surface area contributed by atoms with Gasteiger partial charge >= 0.3 is 11.8 Å². The van der Waals surface area contributed by atoms with E-state index in [1.165, 1.54) is 19.0 Å². The van der Waals surface area contributed by atoms with Gasteiger partial charge in [-0.1, -0.05) is 48.6 Å². The Morgan fingerprint density at radius 2 is 1.80 bits per heavy atom. The smallest absolute Gasteiger partial charge is 0.311 e. The summed E-state index contributed by atoms with van der Waals surface area (Å²) in [4.78, 5) is 68.7. The van der Waals surface area contributed by atoms with Gasteiger partial charge in [0.15, 0.2) is 0 Å². The van der Waals surface area contributed by atoms with E-state index in [9.17, 15) is 32.4 Å². The third-order valence-electron chi connectivity index (χ3n) is 8.49. The van der Waals surface area contributed by atoms with E-state index in [4.69, 9.17) is 0 Å². The summed E-state index contributed by atoms with van der Waals surface area (Å²) in [6, 6.07) is -1.95. The van der Waals surface area contributed by atoms with Crippen molar-refractivity contribution in [3.05, 3.63) is 12.2 Å². The van der Waals surface area contributed by atoms with Crippen molar-refractivity contribution in [2.45, 2.75) is 85.6 Å². The number of allylic oxidation sites excluding steroid dienone is 1. The van der Waals surface area contributed by atoms with Crippen LogP contribution in [0.25, 0.3) is 0 Å². The second-order valence-corrected chi connectivity index (χ2v) is 16.0. The van der Waals surface area contributed by atoms with Crippen LogP contribution in [0.3, 0.4) is 0 Å². The van der Waals surface area contributed by atoms with Crippen LogP contribution >= 0.6 is 22.6 Å². The monoisotopic (exact) mass is 705 g/mol. The van der Waals surface area contributed by atoms with E-state index in [1.54, 1.807) is 0 Å². The summed E-state index contributed by atoms with van der Waals surface area (Å²) in [5, 5.41) is 4.88. The summed E-state index contributed by atoms with van der Waals surface area (Å²) < 4.78 is 27.3. The number of amides is 5. The van der Waals surface area contributed by atoms with Gasteiger partial charge in [-0.25, -0.2) is 8.42 Å². The first kappa shape index (κ1) is 31.7. The van der Waals surface area contributed by atoms with Gasteiger partial charge in [0.1, 0.15) is 17.6 Å². The highest BCUT2D eigenvalue weighted by Gasteiger charge is 2.62. The number of likely N-dealkylation sites (N-methyl/N-ethyl adjacent to an activating group) is 1. The normalized spacial score (nSPS) is 35.1. The van der Waals surface area contributed by atoms with Crippen LogP contribution in [-0.4, -0.2) is 95.2 Å². The SMILES string of the molecule is C[C@H]1CC/C=C\[C@@H]2C[C@@]2(C(=O)NS(=O)(=O)C2CC2)NC(=O)[C@@H]2C[C@@H](I)CN2C(=O)[C@@H](NC(=O)C(=O)N(C)C)[C@H](C)C1. The van der Waals surface area contributed by atoms with Gasteiger partial charge in [-0.05, 0) is 56.8 Å². The molecule has 1 saturated heterocycles. The van der Waals surface area contributed by atoms with E-state index in [-0.39, 0.29) is 34.6 Å². The van der Waals surface area contributed by atoms with Crippen LogP contribution < -0.4 is 15.4 Å². The van der Waals surface area contributed by atoms with Gasteiger partial charge in [0.05, 0.1) is 5.25 Å². The van der Waals surface area contributed by atoms with E-state index in [0.717, 1.165) is 11.3 Å². The lowest BCUT2D eigenvalue weighted by molar-refractivity contribution is -0.148. The van der Waals surface area contributed by atoms with Crippen molar-refractivity contribution in [2.24, 2.45) is 17.8 Å². The molecule has 0 unspecified atom stereocenters. The van der Waals surface area contributed by atoms with Crippen LogP contribution in [0.4, 0.5) is 0 Å². The van der Waals surface area contributed by atoms with Gasteiger partial charge in [-0.2, -0.15) is 0 Å². The number of hydrogen-bond donors (Lipinski definition) is 3. The van der Waals surface area contributed by atoms with E-state index in [0.29, 0.717) is 32.1 Å². The number of nitrogens with one attached hydrogen (secondary N) is 3. The quantitative estimate of drug-likeness (QED) is 0.166. The molecular formula is C27H40IN5O7S. The maximum atomic E-state index is 14.0. The van der Waals surface area contributed by atoms with E-state index in [1.807, 2.05) is 19.1 Å². The Morgan fingerprint density at radius 1 is 1.12 bits per heavy atom. The van der Waals surface area contributed by atoms with Crippen molar-refractivity contribution < 1.29 is 32.4 Å². The molecule has 14 heteroatoms. The number of hydrogen-bond acceptors (Lipinski definition) is 7. The Kier molecular flexibility index (Phi) is 9.41. The van der Waals surface area contributed by atoms with Crippen LogP contribution in [0.1, 0.15) is 58.8 Å². The number of halogens is 1. The van der Waals surface area contributed by atoms with Crippen LogP contribution in [0.5, 0.6) is 0 Å². The first-order valence-electron chi connectivity index (χ1n) is 14.2. The molecule has 2 aliphatic carbocycles. The number of nitrogens with zero attached hydrogens (tertiary/aromatic N) is 2. The molecule has 2 saturated carbocycles. The summed E-state index contributed by atoms with van der Waals surface area (Å²) >= 11 is 2.17. The molecule has 0 aromatic carbocycles. The zero-order valence-corrected chi connectivity index (χ0v) is 26.9. The molecule has 41 heavy (non-hydrogen) atoms. The van der Waals surface area contributed by atoms with Gasteiger partial charge in [-0.3, -0.25) is 28.7 Å². The molecule has 7 atom stereocenters. The average Bonchev–Trinajstić information content (AvgIpc) is 3.81. The topological polar surface area (TPSA) is 162 Å². The molecule has 12 nitrogen and oxygen atoms in total. The van der Waals surface area contributed by atoms with Crippen molar-refractivity contribution in [3.8, 4) is 0 Å². The lowest BCUT2D eigenvalue weighted by Gasteiger charge is -2.33. The fourth-order valence-electron chi connectivity index (χ4n) is 5.81. The molecule has 3 fully saturated rings. The zero-order chi connectivity index (χ0) is 30.3. The summed E-state index contributed by atoms with van der Waals surface area (Å²) in [6.07, 6.45) is 7.47. The molecular weight excluding hydrogens is 665 g/mol. The number of rotatable bonds is 4. The fourth-order valence-corrected chi connectivity index (χ4v) is 8.08. The number of fused-ring (bicyclic) bond motifs is 2. The Bertz CT molecular complexity index is 1240. The molecule has 2 heterocycles. The van der Waals surface area contributed by atoms with Crippen LogP contribution in [-0.2, 0) is 34.0 Å². The predicted molar refractivity (Wildman–Crippen MR) is 159 cm³/mol. The molecule has 0 bridgehead atoms. The van der Waals surface area contributed by atoms with E-state index in [2.05, 4.69) is 44.9 Å². The van der Waals surface area contributed by atoms with Gasteiger partial charge < -0.3 is 20.4 Å². The minimum Gasteiger partial charge on any atom is -0.341 e. The molecule has 0 radical (unpaired) electrons. The summed E-state index contributed by atoms with van der Waals surface area (Å²) in [6.45, 7) is 4.17. The third-order valence-corrected chi connectivity index (χ3v) is 11.2. The predicted octanol–water partition coefficient (Wildman–Crippen LogP) is 0.460. The van der Waals surface area contributed by atoms with Crippen LogP contribution in [0.15, 0.2) is 12.2 Å². The first-order chi connectivity index (χ1) is 19.2. The molecule has 228 valence electrons. The second kappa shape index (κ2) is 12.2. The Hall–Kier alpha value is -2.23. The third kappa shape index (κ3) is 7.05. The van der Waals surface area contributed by atoms with Crippen molar-refractivity contribution in [1.29, 1.82) is 0 Å². The highest BCUT2D eigenvalue weighted by atomic mass is 127. The fraction of sp³-hybridized carbons (Fsp3) is 0.741. The number of carbonyl (C=O) groups is 5. The standard InChI is InChI=1S/C27H40IN5O7S/c1-15-7-5-6-8-17-13-27(17,26(38)31-41(39,40)19-9-10-19)30-22(34)20-12-18(28)14-33(20)24(36)21(16(2)11-15)29-23(35)25(37)32(3)4/h6,8,15-21H,5,7,9-14H2,1-4H3,(H,29,35)(H,30,34)(H,31,38)/b8-6-/t15-,16+,17+,18+,20-,21-,27+/m0/s1. The molecule has 5 amide bonds. The Morgan fingerprint density at radius 3 is 2.44 bits per heavy atom. The molecule has 0 aromatic rings. The second-order valence-electron chi connectivity index (χ2n) is 12.3.